The van der Waals surface area contributed by atoms with Gasteiger partial charge in [0.25, 0.3) is 0 Å². The molecule has 2 N–H and O–H groups in total. The van der Waals surface area contributed by atoms with Crippen LogP contribution < -0.4 is 10.6 Å². The standard InChI is InChI=1S/C12H22N2O4/c1-17-12(16)3-2-6-14-11(15)9-18-10-4-7-13-8-5-10/h10,13H,2-9H2,1H3,(H,14,15). The molecule has 6 nitrogen and oxygen atoms in total. The van der Waals surface area contributed by atoms with Crippen LogP contribution in [0.2, 0.25) is 0 Å². The van der Waals surface area contributed by atoms with Crippen LogP contribution >= 0.6 is 0 Å². The van der Waals surface area contributed by atoms with E-state index < -0.39 is 0 Å². The van der Waals surface area contributed by atoms with Crippen LogP contribution in [-0.4, -0.2) is 51.3 Å². The maximum atomic E-state index is 11.4. The molecule has 0 radical (unpaired) electrons. The number of piperidine rings is 1. The van der Waals surface area contributed by atoms with Crippen LogP contribution in [0.1, 0.15) is 25.7 Å². The minimum absolute atomic E-state index is 0.100. The summed E-state index contributed by atoms with van der Waals surface area (Å²) in [6.07, 6.45) is 3.01. The highest BCUT2D eigenvalue weighted by atomic mass is 16.5. The fourth-order valence-corrected chi connectivity index (χ4v) is 1.77. The van der Waals surface area contributed by atoms with Crippen molar-refractivity contribution in [3.05, 3.63) is 0 Å². The maximum Gasteiger partial charge on any atom is 0.305 e. The molecule has 0 aromatic rings. The lowest BCUT2D eigenvalue weighted by Gasteiger charge is -2.22. The predicted octanol–water partition coefficient (Wildman–Crippen LogP) is -0.176. The van der Waals surface area contributed by atoms with Gasteiger partial charge in [0.05, 0.1) is 13.2 Å². The minimum Gasteiger partial charge on any atom is -0.469 e. The fourth-order valence-electron chi connectivity index (χ4n) is 1.77. The molecular weight excluding hydrogens is 236 g/mol. The molecule has 1 amide bonds. The first kappa shape index (κ1) is 14.9. The molecule has 0 unspecified atom stereocenters. The first-order chi connectivity index (χ1) is 8.72. The second-order valence-electron chi connectivity index (χ2n) is 4.29. The van der Waals surface area contributed by atoms with E-state index in [1.807, 2.05) is 0 Å². The van der Waals surface area contributed by atoms with Crippen molar-refractivity contribution in [2.75, 3.05) is 33.4 Å². The van der Waals surface area contributed by atoms with Crippen molar-refractivity contribution in [2.24, 2.45) is 0 Å². The smallest absolute Gasteiger partial charge is 0.305 e. The molecule has 18 heavy (non-hydrogen) atoms. The Morgan fingerprint density at radius 2 is 2.06 bits per heavy atom. The first-order valence-electron chi connectivity index (χ1n) is 6.38. The zero-order valence-corrected chi connectivity index (χ0v) is 10.9. The van der Waals surface area contributed by atoms with Gasteiger partial charge in [-0.15, -0.1) is 0 Å². The second kappa shape index (κ2) is 8.88. The number of rotatable bonds is 7. The number of carbonyl (C=O) groups excluding carboxylic acids is 2. The Hall–Kier alpha value is -1.14. The van der Waals surface area contributed by atoms with E-state index in [0.29, 0.717) is 19.4 Å². The lowest BCUT2D eigenvalue weighted by Crippen LogP contribution is -2.36. The molecule has 0 bridgehead atoms. The summed E-state index contributed by atoms with van der Waals surface area (Å²) in [4.78, 5) is 22.3. The molecule has 0 saturated carbocycles. The molecule has 1 heterocycles. The van der Waals surface area contributed by atoms with Gasteiger partial charge in [-0.2, -0.15) is 0 Å². The van der Waals surface area contributed by atoms with Crippen LogP contribution in [-0.2, 0) is 19.1 Å². The molecule has 1 saturated heterocycles. The maximum absolute atomic E-state index is 11.4. The van der Waals surface area contributed by atoms with Crippen molar-refractivity contribution in [1.82, 2.24) is 10.6 Å². The van der Waals surface area contributed by atoms with E-state index in [2.05, 4.69) is 15.4 Å². The summed E-state index contributed by atoms with van der Waals surface area (Å²) in [6, 6.07) is 0. The summed E-state index contributed by atoms with van der Waals surface area (Å²) in [5.74, 6) is -0.381. The Balaban J connectivity index is 1.98. The molecule has 6 heteroatoms. The quantitative estimate of drug-likeness (QED) is 0.489. The average Bonchev–Trinajstić information content (AvgIpc) is 2.42. The van der Waals surface area contributed by atoms with Gasteiger partial charge in [0, 0.05) is 13.0 Å². The monoisotopic (exact) mass is 258 g/mol. The highest BCUT2D eigenvalue weighted by molar-refractivity contribution is 5.77. The normalized spacial score (nSPS) is 16.3. The predicted molar refractivity (Wildman–Crippen MR) is 66.1 cm³/mol. The Kier molecular flexibility index (Phi) is 7.36. The highest BCUT2D eigenvalue weighted by Crippen LogP contribution is 2.06. The topological polar surface area (TPSA) is 76.7 Å². The van der Waals surface area contributed by atoms with Gasteiger partial charge in [0.15, 0.2) is 0 Å². The summed E-state index contributed by atoms with van der Waals surface area (Å²) < 4.78 is 10.0. The molecule has 0 aromatic heterocycles. The number of esters is 1. The van der Waals surface area contributed by atoms with Crippen LogP contribution in [0.3, 0.4) is 0 Å². The first-order valence-corrected chi connectivity index (χ1v) is 6.38. The van der Waals surface area contributed by atoms with Crippen LogP contribution in [0.25, 0.3) is 0 Å². The Bertz CT molecular complexity index is 265. The van der Waals surface area contributed by atoms with Gasteiger partial charge in [0.1, 0.15) is 6.61 Å². The van der Waals surface area contributed by atoms with Crippen molar-refractivity contribution >= 4 is 11.9 Å². The van der Waals surface area contributed by atoms with E-state index >= 15 is 0 Å². The van der Waals surface area contributed by atoms with Crippen molar-refractivity contribution in [3.63, 3.8) is 0 Å². The van der Waals surface area contributed by atoms with Gasteiger partial charge >= 0.3 is 5.97 Å². The van der Waals surface area contributed by atoms with Gasteiger partial charge in [-0.1, -0.05) is 0 Å². The van der Waals surface area contributed by atoms with Crippen LogP contribution in [0.4, 0.5) is 0 Å². The third-order valence-electron chi connectivity index (χ3n) is 2.84. The molecule has 1 fully saturated rings. The average molecular weight is 258 g/mol. The van der Waals surface area contributed by atoms with Crippen molar-refractivity contribution < 1.29 is 19.1 Å². The summed E-state index contributed by atoms with van der Waals surface area (Å²) in [5.41, 5.74) is 0. The molecule has 1 aliphatic rings. The molecule has 104 valence electrons. The van der Waals surface area contributed by atoms with E-state index in [0.717, 1.165) is 25.9 Å². The van der Waals surface area contributed by atoms with Gasteiger partial charge in [-0.25, -0.2) is 0 Å². The lowest BCUT2D eigenvalue weighted by atomic mass is 10.1. The minimum atomic E-state index is -0.254. The molecule has 1 aliphatic heterocycles. The van der Waals surface area contributed by atoms with Crippen molar-refractivity contribution in [3.8, 4) is 0 Å². The number of nitrogens with one attached hydrogen (secondary N) is 2. The SMILES string of the molecule is COC(=O)CCCNC(=O)COC1CCNCC1. The summed E-state index contributed by atoms with van der Waals surface area (Å²) >= 11 is 0. The van der Waals surface area contributed by atoms with Gasteiger partial charge in [-0.3, -0.25) is 9.59 Å². The third kappa shape index (κ3) is 6.56. The zero-order chi connectivity index (χ0) is 13.2. The largest absolute Gasteiger partial charge is 0.469 e. The van der Waals surface area contributed by atoms with Gasteiger partial charge in [-0.05, 0) is 32.4 Å². The number of hydrogen-bond acceptors (Lipinski definition) is 5. The van der Waals surface area contributed by atoms with Crippen molar-refractivity contribution in [1.29, 1.82) is 0 Å². The molecule has 0 spiro atoms. The number of ether oxygens (including phenoxy) is 2. The van der Waals surface area contributed by atoms with Crippen LogP contribution in [0.5, 0.6) is 0 Å². The fraction of sp³-hybridized carbons (Fsp3) is 0.833. The molecular formula is C12H22N2O4. The Labute approximate surface area is 107 Å². The number of carbonyl (C=O) groups is 2. The number of amides is 1. The van der Waals surface area contributed by atoms with Crippen molar-refractivity contribution in [2.45, 2.75) is 31.8 Å². The van der Waals surface area contributed by atoms with Gasteiger partial charge < -0.3 is 20.1 Å². The molecule has 0 atom stereocenters. The molecule has 1 rings (SSSR count). The van der Waals surface area contributed by atoms with Crippen LogP contribution in [0.15, 0.2) is 0 Å². The Morgan fingerprint density at radius 1 is 1.33 bits per heavy atom. The zero-order valence-electron chi connectivity index (χ0n) is 10.9. The summed E-state index contributed by atoms with van der Waals surface area (Å²) in [7, 11) is 1.35. The summed E-state index contributed by atoms with van der Waals surface area (Å²) in [5, 5.41) is 5.95. The third-order valence-corrected chi connectivity index (χ3v) is 2.84. The number of methoxy groups -OCH3 is 1. The molecule has 0 aliphatic carbocycles. The Morgan fingerprint density at radius 3 is 2.72 bits per heavy atom. The highest BCUT2D eigenvalue weighted by Gasteiger charge is 2.14. The second-order valence-corrected chi connectivity index (χ2v) is 4.29. The van der Waals surface area contributed by atoms with E-state index in [9.17, 15) is 9.59 Å². The van der Waals surface area contributed by atoms with Gasteiger partial charge in [0.2, 0.25) is 5.91 Å². The van der Waals surface area contributed by atoms with E-state index in [4.69, 9.17) is 4.74 Å². The lowest BCUT2D eigenvalue weighted by molar-refractivity contribution is -0.140. The molecule has 0 aromatic carbocycles. The number of hydrogen-bond donors (Lipinski definition) is 2. The van der Waals surface area contributed by atoms with Crippen LogP contribution in [0, 0.1) is 0 Å². The summed E-state index contributed by atoms with van der Waals surface area (Å²) in [6.45, 7) is 2.48. The van der Waals surface area contributed by atoms with E-state index in [-0.39, 0.29) is 24.6 Å². The van der Waals surface area contributed by atoms with E-state index in [1.165, 1.54) is 7.11 Å². The van der Waals surface area contributed by atoms with E-state index in [1.54, 1.807) is 0 Å².